The number of carbonyl (C=O) groups is 1. The topological polar surface area (TPSA) is 64.3 Å². The van der Waals surface area contributed by atoms with Crippen LogP contribution in [0.25, 0.3) is 0 Å². The third kappa shape index (κ3) is 3.03. The molecule has 0 radical (unpaired) electrons. The molecule has 1 amide bonds. The van der Waals surface area contributed by atoms with Crippen molar-refractivity contribution in [3.05, 3.63) is 35.4 Å². The van der Waals surface area contributed by atoms with Crippen LogP contribution >= 0.6 is 0 Å². The number of aliphatic hydroxyl groups excluding tert-OH is 1. The third-order valence-corrected chi connectivity index (χ3v) is 4.71. The van der Waals surface area contributed by atoms with Gasteiger partial charge >= 0.3 is 0 Å². The molecule has 1 aliphatic carbocycles. The Bertz CT molecular complexity index is 717. The minimum atomic E-state index is -0.483. The van der Waals surface area contributed by atoms with E-state index in [1.165, 1.54) is 0 Å². The Morgan fingerprint density at radius 2 is 2.00 bits per heavy atom. The molecule has 0 bridgehead atoms. The summed E-state index contributed by atoms with van der Waals surface area (Å²) in [7, 11) is 0. The summed E-state index contributed by atoms with van der Waals surface area (Å²) in [5.74, 6) is 6.52. The maximum Gasteiger partial charge on any atom is 0.227 e. The highest BCUT2D eigenvalue weighted by Gasteiger charge is 2.53. The van der Waals surface area contributed by atoms with E-state index in [4.69, 9.17) is 0 Å². The first kappa shape index (κ1) is 16.6. The van der Waals surface area contributed by atoms with E-state index >= 15 is 0 Å². The standard InChI is InChI=1S/C20H22N2O2/c1-13(2)3-4-14-5-7-15(8-6-14)19-17(11-21)22(18(19)12-23)20(24)16-9-10-16/h5-8,13,16-19,23H,9-10,12H2,1-2H3/t17-,18+,19+/m0/s1. The second kappa shape index (κ2) is 6.67. The van der Waals surface area contributed by atoms with Crippen LogP contribution in [0.2, 0.25) is 0 Å². The average Bonchev–Trinajstić information content (AvgIpc) is 3.38. The fourth-order valence-electron chi connectivity index (χ4n) is 3.27. The van der Waals surface area contributed by atoms with Crippen LogP contribution in [0.3, 0.4) is 0 Å². The van der Waals surface area contributed by atoms with Gasteiger partial charge in [0.15, 0.2) is 0 Å². The maximum atomic E-state index is 12.4. The van der Waals surface area contributed by atoms with Gasteiger partial charge in [0.25, 0.3) is 0 Å². The number of amides is 1. The van der Waals surface area contributed by atoms with Crippen molar-refractivity contribution < 1.29 is 9.90 Å². The summed E-state index contributed by atoms with van der Waals surface area (Å²) >= 11 is 0. The minimum Gasteiger partial charge on any atom is -0.394 e. The van der Waals surface area contributed by atoms with Gasteiger partial charge < -0.3 is 10.0 Å². The van der Waals surface area contributed by atoms with Crippen molar-refractivity contribution in [2.24, 2.45) is 11.8 Å². The molecule has 4 nitrogen and oxygen atoms in total. The molecule has 4 heteroatoms. The number of benzene rings is 1. The first-order valence-corrected chi connectivity index (χ1v) is 8.51. The van der Waals surface area contributed by atoms with Crippen molar-refractivity contribution in [3.8, 4) is 17.9 Å². The number of hydrogen-bond acceptors (Lipinski definition) is 3. The molecular formula is C20H22N2O2. The van der Waals surface area contributed by atoms with Crippen LogP contribution in [0.1, 0.15) is 43.7 Å². The first-order valence-electron chi connectivity index (χ1n) is 8.51. The number of nitriles is 1. The lowest BCUT2D eigenvalue weighted by Gasteiger charge is -2.51. The van der Waals surface area contributed by atoms with Gasteiger partial charge in [0, 0.05) is 23.3 Å². The molecule has 1 saturated carbocycles. The van der Waals surface area contributed by atoms with E-state index in [2.05, 4.69) is 17.9 Å². The second-order valence-electron chi connectivity index (χ2n) is 6.92. The van der Waals surface area contributed by atoms with Gasteiger partial charge in [-0.2, -0.15) is 5.26 Å². The quantitative estimate of drug-likeness (QED) is 0.868. The lowest BCUT2D eigenvalue weighted by molar-refractivity contribution is -0.148. The van der Waals surface area contributed by atoms with Crippen molar-refractivity contribution in [2.75, 3.05) is 6.61 Å². The predicted octanol–water partition coefficient (Wildman–Crippen LogP) is 2.28. The zero-order valence-electron chi connectivity index (χ0n) is 14.1. The van der Waals surface area contributed by atoms with Crippen molar-refractivity contribution in [2.45, 2.75) is 44.7 Å². The van der Waals surface area contributed by atoms with Gasteiger partial charge in [0.2, 0.25) is 5.91 Å². The minimum absolute atomic E-state index is 0.0243. The molecule has 2 fully saturated rings. The van der Waals surface area contributed by atoms with Crippen molar-refractivity contribution in [3.63, 3.8) is 0 Å². The molecule has 0 aromatic heterocycles. The molecule has 1 aromatic carbocycles. The molecule has 1 N–H and O–H groups in total. The van der Waals surface area contributed by atoms with Crippen LogP contribution in [0.4, 0.5) is 0 Å². The van der Waals surface area contributed by atoms with E-state index in [1.54, 1.807) is 4.90 Å². The fraction of sp³-hybridized carbons (Fsp3) is 0.500. The number of carbonyl (C=O) groups excluding carboxylic acids is 1. The lowest BCUT2D eigenvalue weighted by atomic mass is 9.75. The maximum absolute atomic E-state index is 12.4. The Labute approximate surface area is 143 Å². The molecule has 0 spiro atoms. The molecule has 24 heavy (non-hydrogen) atoms. The molecule has 2 aliphatic rings. The summed E-state index contributed by atoms with van der Waals surface area (Å²) in [6, 6.07) is 9.27. The van der Waals surface area contributed by atoms with Gasteiger partial charge in [-0.15, -0.1) is 0 Å². The highest BCUT2D eigenvalue weighted by atomic mass is 16.3. The Morgan fingerprint density at radius 3 is 2.50 bits per heavy atom. The summed E-state index contributed by atoms with van der Waals surface area (Å²) < 4.78 is 0. The van der Waals surface area contributed by atoms with Gasteiger partial charge in [0.1, 0.15) is 6.04 Å². The Hall–Kier alpha value is -2.30. The van der Waals surface area contributed by atoms with Crippen molar-refractivity contribution >= 4 is 5.91 Å². The number of aliphatic hydroxyl groups is 1. The smallest absolute Gasteiger partial charge is 0.227 e. The van der Waals surface area contributed by atoms with E-state index in [9.17, 15) is 15.2 Å². The largest absolute Gasteiger partial charge is 0.394 e. The lowest BCUT2D eigenvalue weighted by Crippen LogP contribution is -2.65. The molecule has 1 heterocycles. The van der Waals surface area contributed by atoms with E-state index in [-0.39, 0.29) is 30.4 Å². The third-order valence-electron chi connectivity index (χ3n) is 4.71. The van der Waals surface area contributed by atoms with Gasteiger partial charge in [-0.3, -0.25) is 4.79 Å². The number of hydrogen-bond donors (Lipinski definition) is 1. The zero-order chi connectivity index (χ0) is 17.3. The summed E-state index contributed by atoms with van der Waals surface area (Å²) in [6.45, 7) is 3.98. The first-order chi connectivity index (χ1) is 11.6. The molecular weight excluding hydrogens is 300 g/mol. The van der Waals surface area contributed by atoms with E-state index < -0.39 is 6.04 Å². The molecule has 1 saturated heterocycles. The van der Waals surface area contributed by atoms with E-state index in [0.29, 0.717) is 5.92 Å². The van der Waals surface area contributed by atoms with Crippen LogP contribution in [-0.2, 0) is 4.79 Å². The summed E-state index contributed by atoms with van der Waals surface area (Å²) in [5, 5.41) is 19.2. The molecule has 3 rings (SSSR count). The molecule has 1 aliphatic heterocycles. The Balaban J connectivity index is 1.79. The van der Waals surface area contributed by atoms with E-state index in [1.807, 2.05) is 38.1 Å². The van der Waals surface area contributed by atoms with Gasteiger partial charge in [-0.1, -0.05) is 37.8 Å². The molecule has 124 valence electrons. The molecule has 1 aromatic rings. The monoisotopic (exact) mass is 322 g/mol. The van der Waals surface area contributed by atoms with Crippen molar-refractivity contribution in [1.29, 1.82) is 5.26 Å². The van der Waals surface area contributed by atoms with Crippen LogP contribution in [-0.4, -0.2) is 34.6 Å². The zero-order valence-corrected chi connectivity index (χ0v) is 14.1. The summed E-state index contributed by atoms with van der Waals surface area (Å²) in [4.78, 5) is 13.9. The van der Waals surface area contributed by atoms with Crippen LogP contribution in [0, 0.1) is 35.0 Å². The van der Waals surface area contributed by atoms with Crippen LogP contribution < -0.4 is 0 Å². The Morgan fingerprint density at radius 1 is 1.33 bits per heavy atom. The highest BCUT2D eigenvalue weighted by Crippen LogP contribution is 2.44. The number of likely N-dealkylation sites (tertiary alicyclic amines) is 1. The predicted molar refractivity (Wildman–Crippen MR) is 90.7 cm³/mol. The number of rotatable bonds is 3. The van der Waals surface area contributed by atoms with Gasteiger partial charge in [-0.25, -0.2) is 0 Å². The Kier molecular flexibility index (Phi) is 4.60. The second-order valence-corrected chi connectivity index (χ2v) is 6.92. The van der Waals surface area contributed by atoms with E-state index in [0.717, 1.165) is 24.0 Å². The van der Waals surface area contributed by atoms with Crippen LogP contribution in [0.5, 0.6) is 0 Å². The fourth-order valence-corrected chi connectivity index (χ4v) is 3.27. The summed E-state index contributed by atoms with van der Waals surface area (Å²) in [6.07, 6.45) is 1.80. The highest BCUT2D eigenvalue weighted by molar-refractivity contribution is 5.83. The van der Waals surface area contributed by atoms with Crippen molar-refractivity contribution in [1.82, 2.24) is 4.90 Å². The van der Waals surface area contributed by atoms with Crippen LogP contribution in [0.15, 0.2) is 24.3 Å². The normalized spacial score (nSPS) is 25.5. The summed E-state index contributed by atoms with van der Waals surface area (Å²) in [5.41, 5.74) is 1.92. The van der Waals surface area contributed by atoms with Gasteiger partial charge in [-0.05, 0) is 30.5 Å². The van der Waals surface area contributed by atoms with Gasteiger partial charge in [0.05, 0.1) is 18.7 Å². The average molecular weight is 322 g/mol. The molecule has 3 atom stereocenters. The molecule has 0 unspecified atom stereocenters. The number of nitrogens with zero attached hydrogens (tertiary/aromatic N) is 2. The SMILES string of the molecule is CC(C)C#Cc1ccc([C@H]2[C@@H](CO)N(C(=O)C3CC3)[C@H]2C#N)cc1.